The van der Waals surface area contributed by atoms with Crippen LogP contribution < -0.4 is 5.32 Å². The third-order valence-electron chi connectivity index (χ3n) is 4.78. The third kappa shape index (κ3) is 3.17. The minimum atomic E-state index is -0.122. The molecule has 114 valence electrons. The molecule has 0 aliphatic heterocycles. The van der Waals surface area contributed by atoms with Crippen LogP contribution in [0.2, 0.25) is 0 Å². The maximum atomic E-state index is 5.96. The lowest BCUT2D eigenvalue weighted by Gasteiger charge is -2.46. The second-order valence-corrected chi connectivity index (χ2v) is 6.67. The van der Waals surface area contributed by atoms with E-state index in [2.05, 4.69) is 34.6 Å². The number of ether oxygens (including phenoxy) is 1. The molecule has 0 saturated heterocycles. The topological polar surface area (TPSA) is 64.9 Å². The second-order valence-electron chi connectivity index (χ2n) is 6.67. The molecule has 0 radical (unpaired) electrons. The first kappa shape index (κ1) is 15.4. The van der Waals surface area contributed by atoms with Crippen molar-refractivity contribution in [2.45, 2.75) is 57.6 Å². The van der Waals surface area contributed by atoms with Crippen molar-refractivity contribution in [1.82, 2.24) is 25.5 Å². The van der Waals surface area contributed by atoms with E-state index in [1.807, 2.05) is 14.2 Å². The molecule has 20 heavy (non-hydrogen) atoms. The van der Waals surface area contributed by atoms with E-state index in [1.165, 1.54) is 17.6 Å². The van der Waals surface area contributed by atoms with Gasteiger partial charge in [0.1, 0.15) is 0 Å². The van der Waals surface area contributed by atoms with E-state index in [0.29, 0.717) is 5.41 Å². The predicted octanol–water partition coefficient (Wildman–Crippen LogP) is 1.33. The molecule has 1 aromatic heterocycles. The summed E-state index contributed by atoms with van der Waals surface area (Å²) in [6, 6.07) is 0.216. The van der Waals surface area contributed by atoms with Gasteiger partial charge in [-0.2, -0.15) is 4.80 Å². The van der Waals surface area contributed by atoms with E-state index in [1.54, 1.807) is 7.05 Å². The molecule has 0 amide bonds. The summed E-state index contributed by atoms with van der Waals surface area (Å²) in [5.74, 6) is 0.771. The Hall–Kier alpha value is -1.01. The number of nitrogens with one attached hydrogen (secondary N) is 1. The van der Waals surface area contributed by atoms with Crippen LogP contribution in [0.3, 0.4) is 0 Å². The molecule has 0 spiro atoms. The van der Waals surface area contributed by atoms with E-state index in [-0.39, 0.29) is 11.6 Å². The Morgan fingerprint density at radius 1 is 1.30 bits per heavy atom. The lowest BCUT2D eigenvalue weighted by atomic mass is 9.68. The minimum Gasteiger partial charge on any atom is -0.377 e. The summed E-state index contributed by atoms with van der Waals surface area (Å²) in [6.45, 7) is 4.68. The average molecular weight is 281 g/mol. The van der Waals surface area contributed by atoms with Crippen molar-refractivity contribution < 1.29 is 4.74 Å². The zero-order chi connectivity index (χ0) is 14.8. The van der Waals surface area contributed by atoms with Gasteiger partial charge in [0.25, 0.3) is 0 Å². The quantitative estimate of drug-likeness (QED) is 0.882. The molecule has 1 atom stereocenters. The number of hydrogen-bond acceptors (Lipinski definition) is 5. The highest BCUT2D eigenvalue weighted by molar-refractivity contribution is 5.01. The predicted molar refractivity (Wildman–Crippen MR) is 77.3 cm³/mol. The summed E-state index contributed by atoms with van der Waals surface area (Å²) < 4.78 is 5.96. The number of methoxy groups -OCH3 is 1. The number of aryl methyl sites for hydroxylation is 1. The van der Waals surface area contributed by atoms with E-state index in [4.69, 9.17) is 4.74 Å². The Morgan fingerprint density at radius 2 is 1.95 bits per heavy atom. The molecule has 2 rings (SSSR count). The van der Waals surface area contributed by atoms with Gasteiger partial charge in [0, 0.05) is 19.6 Å². The first-order chi connectivity index (χ1) is 9.41. The van der Waals surface area contributed by atoms with E-state index in [0.717, 1.165) is 25.1 Å². The van der Waals surface area contributed by atoms with Crippen molar-refractivity contribution >= 4 is 0 Å². The van der Waals surface area contributed by atoms with Gasteiger partial charge in [-0.05, 0) is 43.4 Å². The van der Waals surface area contributed by atoms with Crippen LogP contribution in [-0.4, -0.2) is 46.0 Å². The maximum absolute atomic E-state index is 5.96. The summed E-state index contributed by atoms with van der Waals surface area (Å²) in [5.41, 5.74) is 0.300. The van der Waals surface area contributed by atoms with Crippen LogP contribution in [0.25, 0.3) is 0 Å². The largest absolute Gasteiger partial charge is 0.377 e. The fourth-order valence-electron chi connectivity index (χ4n) is 3.18. The first-order valence-electron chi connectivity index (χ1n) is 7.36. The summed E-state index contributed by atoms with van der Waals surface area (Å²) in [7, 11) is 5.61. The number of hydrogen-bond donors (Lipinski definition) is 1. The average Bonchev–Trinajstić information content (AvgIpc) is 2.83. The maximum Gasteiger partial charge on any atom is 0.176 e. The highest BCUT2D eigenvalue weighted by atomic mass is 16.5. The fourth-order valence-corrected chi connectivity index (χ4v) is 3.18. The van der Waals surface area contributed by atoms with Crippen LogP contribution in [0.15, 0.2) is 0 Å². The van der Waals surface area contributed by atoms with Gasteiger partial charge in [0.05, 0.1) is 12.6 Å². The van der Waals surface area contributed by atoms with Crippen LogP contribution in [-0.2, 0) is 18.2 Å². The number of aromatic nitrogens is 4. The Balaban J connectivity index is 2.11. The summed E-state index contributed by atoms with van der Waals surface area (Å²) >= 11 is 0. The van der Waals surface area contributed by atoms with Crippen molar-refractivity contribution in [3.8, 4) is 0 Å². The Labute approximate surface area is 121 Å². The van der Waals surface area contributed by atoms with Crippen molar-refractivity contribution in [2.24, 2.45) is 12.5 Å². The SMILES string of the molecule is CNC(Cc1nnn(C)n1)C1(OC)CCC(C)(C)CC1. The molecule has 0 bridgehead atoms. The lowest BCUT2D eigenvalue weighted by Crippen LogP contribution is -2.55. The molecular formula is C14H27N5O. The Bertz CT molecular complexity index is 433. The van der Waals surface area contributed by atoms with E-state index in [9.17, 15) is 0 Å². The zero-order valence-corrected chi connectivity index (χ0v) is 13.3. The number of likely N-dealkylation sites (N-methyl/N-ethyl adjacent to an activating group) is 1. The van der Waals surface area contributed by atoms with Crippen LogP contribution in [0.5, 0.6) is 0 Å². The summed E-state index contributed by atoms with van der Waals surface area (Å²) in [4.78, 5) is 1.51. The van der Waals surface area contributed by atoms with Crippen LogP contribution in [0.4, 0.5) is 0 Å². The first-order valence-corrected chi connectivity index (χ1v) is 7.36. The molecule has 1 saturated carbocycles. The highest BCUT2D eigenvalue weighted by Gasteiger charge is 2.44. The van der Waals surface area contributed by atoms with Gasteiger partial charge >= 0.3 is 0 Å². The van der Waals surface area contributed by atoms with E-state index >= 15 is 0 Å². The van der Waals surface area contributed by atoms with Crippen LogP contribution >= 0.6 is 0 Å². The van der Waals surface area contributed by atoms with Gasteiger partial charge in [0.2, 0.25) is 0 Å². The molecule has 1 aliphatic carbocycles. The monoisotopic (exact) mass is 281 g/mol. The molecule has 1 N–H and O–H groups in total. The fraction of sp³-hybridized carbons (Fsp3) is 0.929. The van der Waals surface area contributed by atoms with Gasteiger partial charge < -0.3 is 10.1 Å². The number of tetrazole rings is 1. The molecule has 1 aliphatic rings. The molecule has 1 fully saturated rings. The highest BCUT2D eigenvalue weighted by Crippen LogP contribution is 2.43. The van der Waals surface area contributed by atoms with Gasteiger partial charge in [-0.25, -0.2) is 0 Å². The van der Waals surface area contributed by atoms with Gasteiger partial charge in [-0.15, -0.1) is 10.2 Å². The normalized spacial score (nSPS) is 22.6. The smallest absolute Gasteiger partial charge is 0.176 e. The minimum absolute atomic E-state index is 0.122. The Morgan fingerprint density at radius 3 is 2.40 bits per heavy atom. The zero-order valence-electron chi connectivity index (χ0n) is 13.3. The molecule has 1 unspecified atom stereocenters. The molecule has 6 nitrogen and oxygen atoms in total. The summed E-state index contributed by atoms with van der Waals surface area (Å²) in [5, 5.41) is 15.7. The molecule has 0 aromatic carbocycles. The number of rotatable bonds is 5. The van der Waals surface area contributed by atoms with Gasteiger partial charge in [0.15, 0.2) is 5.82 Å². The lowest BCUT2D eigenvalue weighted by molar-refractivity contribution is -0.0850. The van der Waals surface area contributed by atoms with Crippen LogP contribution in [0, 0.1) is 5.41 Å². The molecular weight excluding hydrogens is 254 g/mol. The molecule has 6 heteroatoms. The van der Waals surface area contributed by atoms with Crippen molar-refractivity contribution in [1.29, 1.82) is 0 Å². The van der Waals surface area contributed by atoms with E-state index < -0.39 is 0 Å². The third-order valence-corrected chi connectivity index (χ3v) is 4.78. The van der Waals surface area contributed by atoms with Crippen LogP contribution in [0.1, 0.15) is 45.4 Å². The summed E-state index contributed by atoms with van der Waals surface area (Å²) in [6.07, 6.45) is 5.27. The van der Waals surface area contributed by atoms with Gasteiger partial charge in [-0.3, -0.25) is 0 Å². The standard InChI is InChI=1S/C14H27N5O/c1-13(2)6-8-14(20-5,9-7-13)11(15-3)10-12-16-18-19(4)17-12/h11,15H,6-10H2,1-5H3. The molecule has 1 heterocycles. The van der Waals surface area contributed by atoms with Crippen molar-refractivity contribution in [3.63, 3.8) is 0 Å². The van der Waals surface area contributed by atoms with Gasteiger partial charge in [-0.1, -0.05) is 13.8 Å². The van der Waals surface area contributed by atoms with Crippen molar-refractivity contribution in [3.05, 3.63) is 5.82 Å². The number of nitrogens with zero attached hydrogens (tertiary/aromatic N) is 4. The molecule has 1 aromatic rings. The van der Waals surface area contributed by atoms with Crippen molar-refractivity contribution in [2.75, 3.05) is 14.2 Å². The Kier molecular flexibility index (Phi) is 4.44. The second kappa shape index (κ2) is 5.77.